The Morgan fingerprint density at radius 3 is 2.95 bits per heavy atom. The molecule has 1 amide bonds. The summed E-state index contributed by atoms with van der Waals surface area (Å²) in [5.74, 6) is -0.983. The van der Waals surface area contributed by atoms with Crippen LogP contribution >= 0.6 is 0 Å². The third-order valence-corrected chi connectivity index (χ3v) is 2.83. The Morgan fingerprint density at radius 1 is 1.50 bits per heavy atom. The first-order chi connectivity index (χ1) is 9.65. The highest BCUT2D eigenvalue weighted by Gasteiger charge is 2.15. The monoisotopic (exact) mass is 280 g/mol. The van der Waals surface area contributed by atoms with Gasteiger partial charge in [0.25, 0.3) is 0 Å². The minimum absolute atomic E-state index is 0.171. The van der Waals surface area contributed by atoms with Gasteiger partial charge in [0.2, 0.25) is 5.91 Å². The van der Waals surface area contributed by atoms with Gasteiger partial charge in [-0.15, -0.1) is 0 Å². The number of para-hydroxylation sites is 2. The highest BCUT2D eigenvalue weighted by molar-refractivity contribution is 5.79. The van der Waals surface area contributed by atoms with Crippen LogP contribution in [0.3, 0.4) is 0 Å². The summed E-state index contributed by atoms with van der Waals surface area (Å²) < 4.78 is 11.1. The molecule has 2 rings (SSSR count). The Balaban J connectivity index is 2.14. The van der Waals surface area contributed by atoms with E-state index in [1.807, 2.05) is 0 Å². The molecule has 0 aliphatic rings. The van der Waals surface area contributed by atoms with Gasteiger partial charge < -0.3 is 19.6 Å². The van der Waals surface area contributed by atoms with Crippen LogP contribution in [0.15, 0.2) is 33.5 Å². The Bertz CT molecular complexity index is 645. The van der Waals surface area contributed by atoms with Gasteiger partial charge in [0.05, 0.1) is 24.8 Å². The molecular weight excluding hydrogens is 264 g/mol. The molecule has 1 heterocycles. The molecule has 7 nitrogen and oxygen atoms in total. The Labute approximate surface area is 114 Å². The standard InChI is InChI=1S/C13H16N2O5/c1-19-8-9(7-16)14-12(17)6-15-10-4-2-3-5-11(10)20-13(15)18/h2-5,9,16H,6-8H2,1H3,(H,14,17). The SMILES string of the molecule is COCC(CO)NC(=O)Cn1c(=O)oc2ccccc21. The molecule has 1 aromatic heterocycles. The molecule has 1 unspecified atom stereocenters. The number of rotatable bonds is 6. The molecule has 0 aliphatic carbocycles. The van der Waals surface area contributed by atoms with Crippen molar-refractivity contribution in [3.8, 4) is 0 Å². The molecule has 0 spiro atoms. The van der Waals surface area contributed by atoms with E-state index in [0.29, 0.717) is 11.1 Å². The van der Waals surface area contributed by atoms with Crippen molar-refractivity contribution in [3.63, 3.8) is 0 Å². The third-order valence-electron chi connectivity index (χ3n) is 2.83. The minimum Gasteiger partial charge on any atom is -0.408 e. The number of nitrogens with one attached hydrogen (secondary N) is 1. The van der Waals surface area contributed by atoms with Crippen LogP contribution in [-0.2, 0) is 16.1 Å². The molecule has 20 heavy (non-hydrogen) atoms. The van der Waals surface area contributed by atoms with Gasteiger partial charge in [-0.1, -0.05) is 12.1 Å². The van der Waals surface area contributed by atoms with E-state index in [1.165, 1.54) is 11.7 Å². The second-order valence-electron chi connectivity index (χ2n) is 4.32. The lowest BCUT2D eigenvalue weighted by molar-refractivity contribution is -0.123. The summed E-state index contributed by atoms with van der Waals surface area (Å²) in [5.41, 5.74) is 0.987. The van der Waals surface area contributed by atoms with Crippen LogP contribution in [0.25, 0.3) is 11.1 Å². The van der Waals surface area contributed by atoms with E-state index in [-0.39, 0.29) is 19.8 Å². The van der Waals surface area contributed by atoms with Crippen LogP contribution < -0.4 is 11.1 Å². The number of amides is 1. The van der Waals surface area contributed by atoms with Gasteiger partial charge >= 0.3 is 5.76 Å². The predicted molar refractivity (Wildman–Crippen MR) is 71.4 cm³/mol. The van der Waals surface area contributed by atoms with Crippen LogP contribution in [0, 0.1) is 0 Å². The molecular formula is C13H16N2O5. The van der Waals surface area contributed by atoms with E-state index < -0.39 is 17.7 Å². The number of oxazole rings is 1. The van der Waals surface area contributed by atoms with E-state index in [1.54, 1.807) is 24.3 Å². The average Bonchev–Trinajstić information content (AvgIpc) is 2.75. The molecule has 0 saturated carbocycles. The van der Waals surface area contributed by atoms with Crippen molar-refractivity contribution in [2.24, 2.45) is 0 Å². The maximum atomic E-state index is 11.9. The number of nitrogens with zero attached hydrogens (tertiary/aromatic N) is 1. The molecule has 0 fully saturated rings. The van der Waals surface area contributed by atoms with Gasteiger partial charge in [-0.25, -0.2) is 4.79 Å². The summed E-state index contributed by atoms with van der Waals surface area (Å²) in [7, 11) is 1.48. The second kappa shape index (κ2) is 6.36. The summed E-state index contributed by atoms with van der Waals surface area (Å²) in [5, 5.41) is 11.7. The van der Waals surface area contributed by atoms with Gasteiger partial charge in [0, 0.05) is 7.11 Å². The quantitative estimate of drug-likeness (QED) is 0.759. The number of aliphatic hydroxyl groups is 1. The minimum atomic E-state index is -0.589. The highest BCUT2D eigenvalue weighted by atomic mass is 16.5. The van der Waals surface area contributed by atoms with Crippen LogP contribution in [0.4, 0.5) is 0 Å². The Morgan fingerprint density at radius 2 is 2.25 bits per heavy atom. The summed E-state index contributed by atoms with van der Waals surface area (Å²) in [6, 6.07) is 6.36. The number of hydrogen-bond donors (Lipinski definition) is 2. The van der Waals surface area contributed by atoms with Crippen molar-refractivity contribution < 1.29 is 19.1 Å². The van der Waals surface area contributed by atoms with E-state index in [9.17, 15) is 9.59 Å². The molecule has 108 valence electrons. The fourth-order valence-corrected chi connectivity index (χ4v) is 1.92. The highest BCUT2D eigenvalue weighted by Crippen LogP contribution is 2.11. The van der Waals surface area contributed by atoms with Crippen molar-refractivity contribution in [2.45, 2.75) is 12.6 Å². The van der Waals surface area contributed by atoms with Crippen molar-refractivity contribution in [3.05, 3.63) is 34.8 Å². The van der Waals surface area contributed by atoms with Crippen LogP contribution in [0.5, 0.6) is 0 Å². The molecule has 2 aromatic rings. The number of fused-ring (bicyclic) bond motifs is 1. The van der Waals surface area contributed by atoms with Gasteiger partial charge in [-0.2, -0.15) is 0 Å². The maximum Gasteiger partial charge on any atom is 0.420 e. The van der Waals surface area contributed by atoms with E-state index in [0.717, 1.165) is 0 Å². The second-order valence-corrected chi connectivity index (χ2v) is 4.32. The molecule has 0 radical (unpaired) electrons. The lowest BCUT2D eigenvalue weighted by Crippen LogP contribution is -2.42. The maximum absolute atomic E-state index is 11.9. The lowest BCUT2D eigenvalue weighted by Gasteiger charge is -2.15. The first-order valence-corrected chi connectivity index (χ1v) is 6.13. The average molecular weight is 280 g/mol. The van der Waals surface area contributed by atoms with E-state index in [4.69, 9.17) is 14.3 Å². The number of methoxy groups -OCH3 is 1. The number of hydrogen-bond acceptors (Lipinski definition) is 5. The zero-order valence-corrected chi connectivity index (χ0v) is 11.0. The fraction of sp³-hybridized carbons (Fsp3) is 0.385. The van der Waals surface area contributed by atoms with Crippen molar-refractivity contribution in [2.75, 3.05) is 20.3 Å². The number of aliphatic hydroxyl groups excluding tert-OH is 1. The van der Waals surface area contributed by atoms with Gasteiger partial charge in [-0.05, 0) is 12.1 Å². The van der Waals surface area contributed by atoms with Gasteiger partial charge in [0.1, 0.15) is 6.54 Å². The summed E-state index contributed by atoms with van der Waals surface area (Å²) in [6.07, 6.45) is 0. The topological polar surface area (TPSA) is 93.7 Å². The number of aromatic nitrogens is 1. The number of carbonyl (C=O) groups excluding carboxylic acids is 1. The lowest BCUT2D eigenvalue weighted by atomic mass is 10.3. The van der Waals surface area contributed by atoms with Gasteiger partial charge in [-0.3, -0.25) is 9.36 Å². The zero-order valence-electron chi connectivity index (χ0n) is 11.0. The fourth-order valence-electron chi connectivity index (χ4n) is 1.92. The first-order valence-electron chi connectivity index (χ1n) is 6.13. The van der Waals surface area contributed by atoms with Crippen LogP contribution in [0.1, 0.15) is 0 Å². The van der Waals surface area contributed by atoms with Crippen molar-refractivity contribution in [1.82, 2.24) is 9.88 Å². The largest absolute Gasteiger partial charge is 0.420 e. The number of benzene rings is 1. The summed E-state index contributed by atoms with van der Waals surface area (Å²) in [4.78, 5) is 23.6. The summed E-state index contributed by atoms with van der Waals surface area (Å²) in [6.45, 7) is -0.208. The predicted octanol–water partition coefficient (Wildman–Crippen LogP) is -0.282. The van der Waals surface area contributed by atoms with Gasteiger partial charge in [0.15, 0.2) is 5.58 Å². The number of carbonyl (C=O) groups is 1. The Kier molecular flexibility index (Phi) is 4.54. The van der Waals surface area contributed by atoms with Crippen molar-refractivity contribution in [1.29, 1.82) is 0 Å². The summed E-state index contributed by atoms with van der Waals surface area (Å²) >= 11 is 0. The molecule has 0 bridgehead atoms. The molecule has 0 aliphatic heterocycles. The molecule has 1 aromatic carbocycles. The van der Waals surface area contributed by atoms with Crippen molar-refractivity contribution >= 4 is 17.0 Å². The van der Waals surface area contributed by atoms with E-state index in [2.05, 4.69) is 5.32 Å². The molecule has 2 N–H and O–H groups in total. The van der Waals surface area contributed by atoms with Crippen LogP contribution in [-0.4, -0.2) is 41.9 Å². The zero-order chi connectivity index (χ0) is 14.5. The molecule has 0 saturated heterocycles. The molecule has 7 heteroatoms. The number of ether oxygens (including phenoxy) is 1. The normalized spacial score (nSPS) is 12.5. The first kappa shape index (κ1) is 14.3. The smallest absolute Gasteiger partial charge is 0.408 e. The molecule has 1 atom stereocenters. The Hall–Kier alpha value is -2.12. The van der Waals surface area contributed by atoms with E-state index >= 15 is 0 Å². The van der Waals surface area contributed by atoms with Crippen LogP contribution in [0.2, 0.25) is 0 Å². The third kappa shape index (κ3) is 3.06.